The van der Waals surface area contributed by atoms with Gasteiger partial charge in [-0.15, -0.1) is 0 Å². The first-order chi connectivity index (χ1) is 13.3. The number of nitrogens with two attached hydrogens (primary N) is 1. The standard InChI is InChI=1S/C18H32N4O7/c1-6-9(4)14(17(27)21-13(8(2)3)18(28)29)22-15(25)10(5)20-16(26)11(19)7-12(23)24/h8-11,13-14H,6-7,19H2,1-5H3,(H,20,26)(H,21,27)(H,22,25)(H,23,24)(H,28,29). The highest BCUT2D eigenvalue weighted by Gasteiger charge is 2.32. The summed E-state index contributed by atoms with van der Waals surface area (Å²) in [5.74, 6) is -5.25. The van der Waals surface area contributed by atoms with Gasteiger partial charge in [-0.3, -0.25) is 19.2 Å². The molecule has 11 heteroatoms. The first kappa shape index (κ1) is 26.3. The first-order valence-electron chi connectivity index (χ1n) is 9.43. The highest BCUT2D eigenvalue weighted by atomic mass is 16.4. The molecule has 0 saturated heterocycles. The predicted octanol–water partition coefficient (Wildman–Crippen LogP) is -0.951. The smallest absolute Gasteiger partial charge is 0.326 e. The number of nitrogens with one attached hydrogen (secondary N) is 3. The third-order valence-corrected chi connectivity index (χ3v) is 4.51. The zero-order chi connectivity index (χ0) is 22.9. The number of amides is 3. The van der Waals surface area contributed by atoms with E-state index in [-0.39, 0.29) is 11.8 Å². The van der Waals surface area contributed by atoms with Crippen LogP contribution in [0.25, 0.3) is 0 Å². The number of carbonyl (C=O) groups is 5. The van der Waals surface area contributed by atoms with E-state index in [0.29, 0.717) is 6.42 Å². The molecule has 11 nitrogen and oxygen atoms in total. The maximum atomic E-state index is 12.6. The van der Waals surface area contributed by atoms with E-state index >= 15 is 0 Å². The molecule has 0 saturated carbocycles. The summed E-state index contributed by atoms with van der Waals surface area (Å²) in [6, 6.07) is -4.53. The van der Waals surface area contributed by atoms with Crippen LogP contribution in [0.5, 0.6) is 0 Å². The second-order valence-electron chi connectivity index (χ2n) is 7.37. The minimum atomic E-state index is -1.32. The number of carbonyl (C=O) groups excluding carboxylic acids is 3. The Morgan fingerprint density at radius 2 is 1.34 bits per heavy atom. The van der Waals surface area contributed by atoms with Crippen LogP contribution >= 0.6 is 0 Å². The molecule has 0 bridgehead atoms. The van der Waals surface area contributed by atoms with Gasteiger partial charge in [0.1, 0.15) is 18.1 Å². The highest BCUT2D eigenvalue weighted by molar-refractivity contribution is 5.94. The average Bonchev–Trinajstić information content (AvgIpc) is 2.61. The molecule has 3 amide bonds. The van der Waals surface area contributed by atoms with Crippen molar-refractivity contribution in [2.45, 2.75) is 71.6 Å². The van der Waals surface area contributed by atoms with Crippen LogP contribution in [0.1, 0.15) is 47.5 Å². The summed E-state index contributed by atoms with van der Waals surface area (Å²) >= 11 is 0. The van der Waals surface area contributed by atoms with Crippen molar-refractivity contribution in [1.29, 1.82) is 0 Å². The maximum absolute atomic E-state index is 12.6. The lowest BCUT2D eigenvalue weighted by Crippen LogP contribution is -2.58. The van der Waals surface area contributed by atoms with Gasteiger partial charge in [0.25, 0.3) is 0 Å². The lowest BCUT2D eigenvalue weighted by atomic mass is 9.96. The second-order valence-corrected chi connectivity index (χ2v) is 7.37. The predicted molar refractivity (Wildman–Crippen MR) is 104 cm³/mol. The molecule has 7 N–H and O–H groups in total. The van der Waals surface area contributed by atoms with E-state index < -0.39 is 60.2 Å². The summed E-state index contributed by atoms with van der Waals surface area (Å²) in [6.07, 6.45) is -0.0636. The van der Waals surface area contributed by atoms with Crippen LogP contribution in [0.2, 0.25) is 0 Å². The highest BCUT2D eigenvalue weighted by Crippen LogP contribution is 2.10. The number of hydrogen-bond acceptors (Lipinski definition) is 6. The molecule has 0 aliphatic heterocycles. The molecule has 0 aliphatic rings. The summed E-state index contributed by atoms with van der Waals surface area (Å²) in [6.45, 7) is 8.19. The lowest BCUT2D eigenvalue weighted by molar-refractivity contribution is -0.144. The fourth-order valence-corrected chi connectivity index (χ4v) is 2.40. The van der Waals surface area contributed by atoms with Gasteiger partial charge >= 0.3 is 11.9 Å². The Morgan fingerprint density at radius 3 is 1.76 bits per heavy atom. The van der Waals surface area contributed by atoms with Crippen molar-refractivity contribution in [1.82, 2.24) is 16.0 Å². The SMILES string of the molecule is CCC(C)C(NC(=O)C(C)NC(=O)C(N)CC(=O)O)C(=O)NC(C(=O)O)C(C)C. The number of aliphatic carboxylic acids is 2. The fourth-order valence-electron chi connectivity index (χ4n) is 2.40. The van der Waals surface area contributed by atoms with Gasteiger partial charge in [-0.2, -0.15) is 0 Å². The van der Waals surface area contributed by atoms with Gasteiger partial charge in [-0.25, -0.2) is 4.79 Å². The van der Waals surface area contributed by atoms with E-state index in [1.165, 1.54) is 6.92 Å². The van der Waals surface area contributed by atoms with Crippen molar-refractivity contribution in [2.75, 3.05) is 0 Å². The zero-order valence-corrected chi connectivity index (χ0v) is 17.4. The Hall–Kier alpha value is -2.69. The van der Waals surface area contributed by atoms with Crippen molar-refractivity contribution >= 4 is 29.7 Å². The molecule has 166 valence electrons. The Bertz CT molecular complexity index is 623. The molecule has 0 aliphatic carbocycles. The van der Waals surface area contributed by atoms with E-state index in [0.717, 1.165) is 0 Å². The number of hydrogen-bond donors (Lipinski definition) is 6. The second kappa shape index (κ2) is 12.0. The molecule has 0 heterocycles. The first-order valence-corrected chi connectivity index (χ1v) is 9.43. The van der Waals surface area contributed by atoms with E-state index in [2.05, 4.69) is 16.0 Å². The van der Waals surface area contributed by atoms with E-state index in [4.69, 9.17) is 10.8 Å². The van der Waals surface area contributed by atoms with Crippen LogP contribution in [0.15, 0.2) is 0 Å². The topological polar surface area (TPSA) is 188 Å². The maximum Gasteiger partial charge on any atom is 0.326 e. The molecule has 0 radical (unpaired) electrons. The van der Waals surface area contributed by atoms with Crippen molar-refractivity contribution < 1.29 is 34.2 Å². The largest absolute Gasteiger partial charge is 0.481 e. The Morgan fingerprint density at radius 1 is 0.828 bits per heavy atom. The minimum absolute atomic E-state index is 0.308. The van der Waals surface area contributed by atoms with Crippen molar-refractivity contribution in [3.8, 4) is 0 Å². The van der Waals surface area contributed by atoms with Crippen LogP contribution in [0.4, 0.5) is 0 Å². The van der Waals surface area contributed by atoms with Crippen molar-refractivity contribution in [2.24, 2.45) is 17.6 Å². The summed E-state index contributed by atoms with van der Waals surface area (Å²) in [4.78, 5) is 58.9. The molecule has 5 unspecified atom stereocenters. The van der Waals surface area contributed by atoms with Gasteiger partial charge in [0, 0.05) is 0 Å². The van der Waals surface area contributed by atoms with Gasteiger partial charge in [-0.05, 0) is 18.8 Å². The third kappa shape index (κ3) is 8.90. The van der Waals surface area contributed by atoms with Gasteiger partial charge in [-0.1, -0.05) is 34.1 Å². The molecule has 0 spiro atoms. The Balaban J connectivity index is 5.15. The minimum Gasteiger partial charge on any atom is -0.481 e. The molecular weight excluding hydrogens is 384 g/mol. The van der Waals surface area contributed by atoms with Crippen LogP contribution in [0.3, 0.4) is 0 Å². The normalized spacial score (nSPS) is 16.1. The van der Waals surface area contributed by atoms with E-state index in [1.807, 2.05) is 6.92 Å². The molecule has 0 aromatic carbocycles. The third-order valence-electron chi connectivity index (χ3n) is 4.51. The number of carboxylic acid groups (broad SMARTS) is 2. The molecule has 5 atom stereocenters. The Kier molecular flexibility index (Phi) is 10.9. The Labute approximate surface area is 169 Å². The average molecular weight is 416 g/mol. The molecule has 0 aromatic heterocycles. The van der Waals surface area contributed by atoms with E-state index in [1.54, 1.807) is 20.8 Å². The van der Waals surface area contributed by atoms with E-state index in [9.17, 15) is 29.1 Å². The number of rotatable bonds is 12. The van der Waals surface area contributed by atoms with Crippen LogP contribution in [0, 0.1) is 11.8 Å². The summed E-state index contributed by atoms with van der Waals surface area (Å²) < 4.78 is 0. The monoisotopic (exact) mass is 416 g/mol. The fraction of sp³-hybridized carbons (Fsp3) is 0.722. The molecule has 0 fully saturated rings. The summed E-state index contributed by atoms with van der Waals surface area (Å²) in [5, 5.41) is 25.2. The van der Waals surface area contributed by atoms with Gasteiger partial charge in [0.05, 0.1) is 12.5 Å². The molecular formula is C18H32N4O7. The zero-order valence-electron chi connectivity index (χ0n) is 17.4. The molecule has 0 aromatic rings. The van der Waals surface area contributed by atoms with Gasteiger partial charge in [0.2, 0.25) is 17.7 Å². The van der Waals surface area contributed by atoms with Crippen molar-refractivity contribution in [3.05, 3.63) is 0 Å². The van der Waals surface area contributed by atoms with Crippen LogP contribution in [-0.2, 0) is 24.0 Å². The van der Waals surface area contributed by atoms with Crippen LogP contribution < -0.4 is 21.7 Å². The lowest BCUT2D eigenvalue weighted by Gasteiger charge is -2.28. The molecule has 29 heavy (non-hydrogen) atoms. The van der Waals surface area contributed by atoms with Gasteiger partial charge < -0.3 is 31.9 Å². The number of carboxylic acids is 2. The van der Waals surface area contributed by atoms with Crippen molar-refractivity contribution in [3.63, 3.8) is 0 Å². The van der Waals surface area contributed by atoms with Crippen LogP contribution in [-0.4, -0.2) is 64.0 Å². The quantitative estimate of drug-likeness (QED) is 0.235. The summed E-state index contributed by atoms with van der Waals surface area (Å²) in [5.41, 5.74) is 5.45. The van der Waals surface area contributed by atoms with Gasteiger partial charge in [0.15, 0.2) is 0 Å². The summed E-state index contributed by atoms with van der Waals surface area (Å²) in [7, 11) is 0. The molecule has 0 rings (SSSR count).